The predicted octanol–water partition coefficient (Wildman–Crippen LogP) is 14.4. The van der Waals surface area contributed by atoms with Crippen LogP contribution in [0, 0.1) is 45.3 Å². The molecule has 0 radical (unpaired) electrons. The summed E-state index contributed by atoms with van der Waals surface area (Å²) in [5.74, 6) is 0. The predicted molar refractivity (Wildman–Crippen MR) is 259 cm³/mol. The van der Waals surface area contributed by atoms with Crippen LogP contribution in [0.1, 0.15) is 27.8 Å². The molecule has 0 bridgehead atoms. The summed E-state index contributed by atoms with van der Waals surface area (Å²) in [4.78, 5) is 5.14. The van der Waals surface area contributed by atoms with Crippen molar-refractivity contribution in [1.82, 2.24) is 14.1 Å². The van der Waals surface area contributed by atoms with Crippen LogP contribution in [0.2, 0.25) is 0 Å². The molecule has 0 aliphatic rings. The number of alkyl halides is 3. The molecule has 10 heteroatoms. The number of fused-ring (bicyclic) bond motifs is 6. The van der Waals surface area contributed by atoms with Crippen LogP contribution in [0.25, 0.3) is 99.8 Å². The molecular formula is C58H30F3N7. The zero-order chi connectivity index (χ0) is 46.7. The summed E-state index contributed by atoms with van der Waals surface area (Å²) >= 11 is 0. The highest BCUT2D eigenvalue weighted by Gasteiger charge is 2.37. The lowest BCUT2D eigenvalue weighted by atomic mass is 9.98. The Kier molecular flexibility index (Phi) is 9.68. The van der Waals surface area contributed by atoms with Gasteiger partial charge in [0.25, 0.3) is 0 Å². The Bertz CT molecular complexity index is 4010. The molecule has 0 aliphatic carbocycles. The van der Waals surface area contributed by atoms with E-state index in [1.54, 1.807) is 59.2 Å². The van der Waals surface area contributed by atoms with Crippen molar-refractivity contribution in [1.29, 1.82) is 21.0 Å². The first kappa shape index (κ1) is 41.0. The van der Waals surface area contributed by atoms with Crippen LogP contribution in [0.15, 0.2) is 182 Å². The van der Waals surface area contributed by atoms with Gasteiger partial charge in [-0.3, -0.25) is 0 Å². The highest BCUT2D eigenvalue weighted by molar-refractivity contribution is 6.12. The van der Waals surface area contributed by atoms with Gasteiger partial charge in [-0.05, 0) is 119 Å². The maximum Gasteiger partial charge on any atom is 0.418 e. The van der Waals surface area contributed by atoms with E-state index in [2.05, 4.69) is 24.3 Å². The number of benzene rings is 8. The van der Waals surface area contributed by atoms with Crippen molar-refractivity contribution in [3.8, 4) is 80.4 Å². The van der Waals surface area contributed by atoms with E-state index in [1.165, 1.54) is 18.2 Å². The fourth-order valence-corrected chi connectivity index (χ4v) is 9.40. The van der Waals surface area contributed by atoms with Gasteiger partial charge in [-0.1, -0.05) is 84.9 Å². The van der Waals surface area contributed by atoms with Crippen molar-refractivity contribution in [3.63, 3.8) is 0 Å². The average molecular weight is 882 g/mol. The van der Waals surface area contributed by atoms with Gasteiger partial charge in [0.2, 0.25) is 0 Å². The zero-order valence-electron chi connectivity index (χ0n) is 35.6. The summed E-state index contributed by atoms with van der Waals surface area (Å²) in [6.07, 6.45) is -4.85. The maximum atomic E-state index is 16.2. The summed E-state index contributed by atoms with van der Waals surface area (Å²) in [6, 6.07) is 62.3. The highest BCUT2D eigenvalue weighted by Crippen LogP contribution is 2.46. The quantitative estimate of drug-likeness (QED) is 0.165. The number of para-hydroxylation sites is 2. The van der Waals surface area contributed by atoms with Crippen molar-refractivity contribution >= 4 is 43.6 Å². The lowest BCUT2D eigenvalue weighted by Gasteiger charge is -2.22. The Morgan fingerprint density at radius 3 is 1.32 bits per heavy atom. The maximum absolute atomic E-state index is 16.2. The summed E-state index contributed by atoms with van der Waals surface area (Å²) in [5.41, 5.74) is 8.03. The molecule has 11 rings (SSSR count). The Hall–Kier alpha value is -9.74. The third-order valence-electron chi connectivity index (χ3n) is 12.4. The van der Waals surface area contributed by atoms with E-state index in [0.29, 0.717) is 88.7 Å². The molecule has 0 fully saturated rings. The van der Waals surface area contributed by atoms with Crippen LogP contribution in [-0.4, -0.2) is 14.1 Å². The number of nitrogens with zero attached hydrogens (tertiary/aromatic N) is 7. The van der Waals surface area contributed by atoms with Crippen LogP contribution in [0.3, 0.4) is 0 Å². The van der Waals surface area contributed by atoms with Crippen LogP contribution in [-0.2, 0) is 6.18 Å². The number of aromatic nitrogens is 3. The van der Waals surface area contributed by atoms with E-state index in [4.69, 9.17) is 4.98 Å². The van der Waals surface area contributed by atoms with Crippen LogP contribution < -0.4 is 0 Å². The average Bonchev–Trinajstić information content (AvgIpc) is 3.90. The standard InChI is InChI=1S/C58H30F3N7/c59-58(60,61)49-30-56(67-52-15-6-4-11-44(52)46-27-40(17-19-54(46)67)42-23-35(31-62)21-36(24-42)32-63)48(51-14-8-13-50(66-51)39-9-2-1-3-10-39)29-57(49)68-53-16-7-5-12-45(53)47-28-41(18-20-55(47)68)43-25-37(33-64)22-38(26-43)34-65/h1-30H. The van der Waals surface area contributed by atoms with E-state index >= 15 is 13.2 Å². The summed E-state index contributed by atoms with van der Waals surface area (Å²) in [5, 5.41) is 41.9. The molecule has 8 aromatic carbocycles. The minimum atomic E-state index is -4.85. The van der Waals surface area contributed by atoms with Crippen LogP contribution in [0.4, 0.5) is 13.2 Å². The van der Waals surface area contributed by atoms with Gasteiger partial charge in [0.15, 0.2) is 0 Å². The van der Waals surface area contributed by atoms with E-state index in [0.717, 1.165) is 21.9 Å². The second kappa shape index (κ2) is 16.1. The molecular weight excluding hydrogens is 852 g/mol. The lowest BCUT2D eigenvalue weighted by molar-refractivity contribution is -0.137. The van der Waals surface area contributed by atoms with Crippen molar-refractivity contribution in [3.05, 3.63) is 210 Å². The highest BCUT2D eigenvalue weighted by atomic mass is 19.4. The van der Waals surface area contributed by atoms with E-state index in [1.807, 2.05) is 114 Å². The van der Waals surface area contributed by atoms with Gasteiger partial charge in [-0.25, -0.2) is 4.98 Å². The molecule has 0 aliphatic heterocycles. The molecule has 0 saturated heterocycles. The smallest absolute Gasteiger partial charge is 0.309 e. The lowest BCUT2D eigenvalue weighted by Crippen LogP contribution is -2.13. The van der Waals surface area contributed by atoms with E-state index < -0.39 is 11.7 Å². The number of hydrogen-bond acceptors (Lipinski definition) is 5. The number of hydrogen-bond donors (Lipinski definition) is 0. The first-order valence-corrected chi connectivity index (χ1v) is 21.4. The third kappa shape index (κ3) is 6.86. The Labute approximate surface area is 386 Å². The molecule has 11 aromatic rings. The largest absolute Gasteiger partial charge is 0.418 e. The molecule has 0 atom stereocenters. The molecule has 3 heterocycles. The normalized spacial score (nSPS) is 11.4. The number of nitriles is 4. The van der Waals surface area contributed by atoms with Gasteiger partial charge >= 0.3 is 6.18 Å². The molecule has 7 nitrogen and oxygen atoms in total. The summed E-state index contributed by atoms with van der Waals surface area (Å²) < 4.78 is 52.0. The van der Waals surface area contributed by atoms with Gasteiger partial charge in [0, 0.05) is 32.7 Å². The van der Waals surface area contributed by atoms with Crippen molar-refractivity contribution in [2.75, 3.05) is 0 Å². The van der Waals surface area contributed by atoms with Gasteiger partial charge in [0.05, 0.1) is 96.9 Å². The fraction of sp³-hybridized carbons (Fsp3) is 0.0172. The molecule has 0 saturated carbocycles. The van der Waals surface area contributed by atoms with Crippen molar-refractivity contribution < 1.29 is 13.2 Å². The van der Waals surface area contributed by atoms with Crippen LogP contribution in [0.5, 0.6) is 0 Å². The first-order chi connectivity index (χ1) is 33.1. The van der Waals surface area contributed by atoms with E-state index in [-0.39, 0.29) is 11.4 Å². The minimum Gasteiger partial charge on any atom is -0.309 e. The molecule has 318 valence electrons. The molecule has 0 amide bonds. The minimum absolute atomic E-state index is 0.103. The van der Waals surface area contributed by atoms with Gasteiger partial charge in [-0.2, -0.15) is 34.2 Å². The summed E-state index contributed by atoms with van der Waals surface area (Å²) in [6.45, 7) is 0. The number of rotatable bonds is 6. The third-order valence-corrected chi connectivity index (χ3v) is 12.4. The molecule has 0 spiro atoms. The summed E-state index contributed by atoms with van der Waals surface area (Å²) in [7, 11) is 0. The van der Waals surface area contributed by atoms with Crippen molar-refractivity contribution in [2.24, 2.45) is 0 Å². The molecule has 0 N–H and O–H groups in total. The van der Waals surface area contributed by atoms with E-state index in [9.17, 15) is 21.0 Å². The zero-order valence-corrected chi connectivity index (χ0v) is 35.6. The number of halogens is 3. The monoisotopic (exact) mass is 881 g/mol. The Morgan fingerprint density at radius 2 is 0.824 bits per heavy atom. The first-order valence-electron chi connectivity index (χ1n) is 21.4. The topological polar surface area (TPSA) is 118 Å². The fourth-order valence-electron chi connectivity index (χ4n) is 9.40. The Morgan fingerprint density at radius 1 is 0.368 bits per heavy atom. The Balaban J connectivity index is 1.22. The second-order valence-corrected chi connectivity index (χ2v) is 16.4. The van der Waals surface area contributed by atoms with Crippen molar-refractivity contribution in [2.45, 2.75) is 6.18 Å². The van der Waals surface area contributed by atoms with Gasteiger partial charge < -0.3 is 9.13 Å². The van der Waals surface area contributed by atoms with Crippen LogP contribution >= 0.6 is 0 Å². The molecule has 3 aromatic heterocycles. The second-order valence-electron chi connectivity index (χ2n) is 16.4. The molecule has 0 unspecified atom stereocenters. The van der Waals surface area contributed by atoms with Gasteiger partial charge in [0.1, 0.15) is 0 Å². The van der Waals surface area contributed by atoms with Gasteiger partial charge in [-0.15, -0.1) is 0 Å². The molecule has 68 heavy (non-hydrogen) atoms. The SMILES string of the molecule is N#Cc1cc(C#N)cc(-c2ccc3c(c2)c2ccccc2n3-c2cc(C(F)(F)F)c(-n3c4ccccc4c4cc(-c5cc(C#N)cc(C#N)c5)ccc43)cc2-c2cccc(-c3ccccc3)n2)c1. The number of pyridine rings is 1.